The van der Waals surface area contributed by atoms with E-state index in [1.807, 2.05) is 6.07 Å². The van der Waals surface area contributed by atoms with Gasteiger partial charge in [-0.05, 0) is 53.7 Å². The molecule has 16 heavy (non-hydrogen) atoms. The predicted molar refractivity (Wildman–Crippen MR) is 66.2 cm³/mol. The van der Waals surface area contributed by atoms with Gasteiger partial charge in [0.1, 0.15) is 11.6 Å². The number of hydrogen-bond acceptors (Lipinski definition) is 1. The normalized spacial score (nSPS) is 18.1. The molecule has 1 aliphatic carbocycles. The Labute approximate surface area is 104 Å². The first-order chi connectivity index (χ1) is 7.75. The summed E-state index contributed by atoms with van der Waals surface area (Å²) < 4.78 is 19.6. The van der Waals surface area contributed by atoms with Gasteiger partial charge in [0.25, 0.3) is 0 Å². The van der Waals surface area contributed by atoms with Gasteiger partial charge in [0.2, 0.25) is 0 Å². The van der Waals surface area contributed by atoms with Gasteiger partial charge in [-0.25, -0.2) is 4.39 Å². The lowest BCUT2D eigenvalue weighted by Crippen LogP contribution is -2.15. The Hall–Kier alpha value is -0.570. The molecule has 1 aliphatic rings. The van der Waals surface area contributed by atoms with Crippen molar-refractivity contribution in [1.82, 2.24) is 0 Å². The minimum atomic E-state index is -0.258. The van der Waals surface area contributed by atoms with Gasteiger partial charge in [0, 0.05) is 6.07 Å². The molecule has 1 saturated carbocycles. The van der Waals surface area contributed by atoms with E-state index in [0.717, 1.165) is 12.8 Å². The monoisotopic (exact) mass is 286 g/mol. The summed E-state index contributed by atoms with van der Waals surface area (Å²) in [6.45, 7) is 0. The molecule has 1 fully saturated rings. The van der Waals surface area contributed by atoms with E-state index in [-0.39, 0.29) is 11.9 Å². The maximum atomic E-state index is 13.3. The van der Waals surface area contributed by atoms with E-state index >= 15 is 0 Å². The van der Waals surface area contributed by atoms with Gasteiger partial charge in [-0.1, -0.05) is 12.8 Å². The maximum absolute atomic E-state index is 13.3. The van der Waals surface area contributed by atoms with Crippen molar-refractivity contribution in [2.45, 2.75) is 44.6 Å². The molecular weight excluding hydrogens is 271 g/mol. The van der Waals surface area contributed by atoms with Crippen LogP contribution in [0.3, 0.4) is 0 Å². The average Bonchev–Trinajstić information content (AvgIpc) is 2.52. The summed E-state index contributed by atoms with van der Waals surface area (Å²) >= 11 is 3.14. The highest BCUT2D eigenvalue weighted by atomic mass is 79.9. The Morgan fingerprint density at radius 1 is 1.12 bits per heavy atom. The summed E-state index contributed by atoms with van der Waals surface area (Å²) in [5, 5.41) is 0. The first-order valence-electron chi connectivity index (χ1n) is 5.87. The Morgan fingerprint density at radius 3 is 2.44 bits per heavy atom. The highest BCUT2D eigenvalue weighted by Gasteiger charge is 2.14. The Morgan fingerprint density at radius 2 is 1.81 bits per heavy atom. The smallest absolute Gasteiger partial charge is 0.141 e. The number of hydrogen-bond donors (Lipinski definition) is 0. The number of ether oxygens (including phenoxy) is 1. The molecule has 0 spiro atoms. The van der Waals surface area contributed by atoms with Crippen LogP contribution < -0.4 is 4.74 Å². The molecule has 0 unspecified atom stereocenters. The van der Waals surface area contributed by atoms with Crippen LogP contribution in [0.25, 0.3) is 0 Å². The van der Waals surface area contributed by atoms with Gasteiger partial charge < -0.3 is 4.74 Å². The summed E-state index contributed by atoms with van der Waals surface area (Å²) in [7, 11) is 0. The van der Waals surface area contributed by atoms with E-state index in [9.17, 15) is 4.39 Å². The number of halogens is 2. The van der Waals surface area contributed by atoms with E-state index in [2.05, 4.69) is 15.9 Å². The van der Waals surface area contributed by atoms with E-state index in [1.165, 1.54) is 31.7 Å². The SMILES string of the molecule is Fc1cc(OC2CCCCCC2)ccc1Br. The Kier molecular flexibility index (Phi) is 4.22. The summed E-state index contributed by atoms with van der Waals surface area (Å²) in [6.07, 6.45) is 7.51. The Balaban J connectivity index is 1.99. The summed E-state index contributed by atoms with van der Waals surface area (Å²) in [4.78, 5) is 0. The maximum Gasteiger partial charge on any atom is 0.141 e. The fraction of sp³-hybridized carbons (Fsp3) is 0.538. The van der Waals surface area contributed by atoms with Crippen molar-refractivity contribution in [3.63, 3.8) is 0 Å². The van der Waals surface area contributed by atoms with Crippen molar-refractivity contribution in [1.29, 1.82) is 0 Å². The molecular formula is C13H16BrFO. The lowest BCUT2D eigenvalue weighted by molar-refractivity contribution is 0.183. The molecule has 0 saturated heterocycles. The number of benzene rings is 1. The van der Waals surface area contributed by atoms with Crippen molar-refractivity contribution >= 4 is 15.9 Å². The fourth-order valence-electron chi connectivity index (χ4n) is 2.10. The van der Waals surface area contributed by atoms with Crippen molar-refractivity contribution in [2.24, 2.45) is 0 Å². The lowest BCUT2D eigenvalue weighted by Gasteiger charge is -2.17. The number of rotatable bonds is 2. The summed E-state index contributed by atoms with van der Waals surface area (Å²) in [6, 6.07) is 4.97. The van der Waals surface area contributed by atoms with Gasteiger partial charge >= 0.3 is 0 Å². The van der Waals surface area contributed by atoms with Crippen LogP contribution in [0.15, 0.2) is 22.7 Å². The van der Waals surface area contributed by atoms with Gasteiger partial charge in [-0.15, -0.1) is 0 Å². The van der Waals surface area contributed by atoms with Crippen LogP contribution in [0.4, 0.5) is 4.39 Å². The average molecular weight is 287 g/mol. The van der Waals surface area contributed by atoms with Crippen LogP contribution in [0.2, 0.25) is 0 Å². The first kappa shape index (κ1) is 11.9. The van der Waals surface area contributed by atoms with Crippen LogP contribution in [0.5, 0.6) is 5.75 Å². The lowest BCUT2D eigenvalue weighted by atomic mass is 10.1. The minimum Gasteiger partial charge on any atom is -0.490 e. The topological polar surface area (TPSA) is 9.23 Å². The predicted octanol–water partition coefficient (Wildman–Crippen LogP) is 4.69. The molecule has 88 valence electrons. The molecule has 1 aromatic rings. The van der Waals surface area contributed by atoms with E-state index < -0.39 is 0 Å². The van der Waals surface area contributed by atoms with Gasteiger partial charge in [0.15, 0.2) is 0 Å². The second-order valence-electron chi connectivity index (χ2n) is 4.31. The van der Waals surface area contributed by atoms with Crippen LogP contribution >= 0.6 is 15.9 Å². The van der Waals surface area contributed by atoms with Gasteiger partial charge in [0.05, 0.1) is 10.6 Å². The highest BCUT2D eigenvalue weighted by molar-refractivity contribution is 9.10. The molecule has 0 heterocycles. The quantitative estimate of drug-likeness (QED) is 0.717. The highest BCUT2D eigenvalue weighted by Crippen LogP contribution is 2.25. The molecule has 0 atom stereocenters. The molecule has 0 amide bonds. The summed E-state index contributed by atoms with van der Waals surface area (Å²) in [5.41, 5.74) is 0. The van der Waals surface area contributed by atoms with Crippen LogP contribution in [0, 0.1) is 5.82 Å². The van der Waals surface area contributed by atoms with E-state index in [1.54, 1.807) is 6.07 Å². The Bertz CT molecular complexity index is 346. The van der Waals surface area contributed by atoms with Gasteiger partial charge in [-0.3, -0.25) is 0 Å². The van der Waals surface area contributed by atoms with Crippen molar-refractivity contribution in [3.05, 3.63) is 28.5 Å². The zero-order valence-corrected chi connectivity index (χ0v) is 10.8. The molecule has 1 nitrogen and oxygen atoms in total. The molecule has 3 heteroatoms. The zero-order chi connectivity index (χ0) is 11.4. The molecule has 0 N–H and O–H groups in total. The molecule has 0 aromatic heterocycles. The first-order valence-corrected chi connectivity index (χ1v) is 6.67. The van der Waals surface area contributed by atoms with E-state index in [0.29, 0.717) is 10.2 Å². The molecule has 0 bridgehead atoms. The largest absolute Gasteiger partial charge is 0.490 e. The van der Waals surface area contributed by atoms with Crippen LogP contribution in [-0.4, -0.2) is 6.10 Å². The third kappa shape index (κ3) is 3.21. The minimum absolute atomic E-state index is 0.258. The van der Waals surface area contributed by atoms with Crippen molar-refractivity contribution in [2.75, 3.05) is 0 Å². The molecule has 0 aliphatic heterocycles. The third-order valence-corrected chi connectivity index (χ3v) is 3.64. The molecule has 1 aromatic carbocycles. The van der Waals surface area contributed by atoms with Crippen molar-refractivity contribution in [3.8, 4) is 5.75 Å². The standard InChI is InChI=1S/C13H16BrFO/c14-12-8-7-11(9-13(12)15)16-10-5-3-1-2-4-6-10/h7-10H,1-6H2. The molecule has 0 radical (unpaired) electrons. The fourth-order valence-corrected chi connectivity index (χ4v) is 2.35. The summed E-state index contributed by atoms with van der Waals surface area (Å²) in [5.74, 6) is 0.388. The van der Waals surface area contributed by atoms with E-state index in [4.69, 9.17) is 4.74 Å². The van der Waals surface area contributed by atoms with Crippen LogP contribution in [-0.2, 0) is 0 Å². The molecule has 2 rings (SSSR count). The second kappa shape index (κ2) is 5.67. The zero-order valence-electron chi connectivity index (χ0n) is 9.22. The van der Waals surface area contributed by atoms with Crippen LogP contribution in [0.1, 0.15) is 38.5 Å². The second-order valence-corrected chi connectivity index (χ2v) is 5.16. The van der Waals surface area contributed by atoms with Gasteiger partial charge in [-0.2, -0.15) is 0 Å². The third-order valence-electron chi connectivity index (χ3n) is 3.00. The van der Waals surface area contributed by atoms with Crippen molar-refractivity contribution < 1.29 is 9.13 Å².